The van der Waals surface area contributed by atoms with Gasteiger partial charge in [0.05, 0.1) is 31.7 Å². The fourth-order valence-electron chi connectivity index (χ4n) is 7.56. The van der Waals surface area contributed by atoms with Gasteiger partial charge in [-0.05, 0) is 74.7 Å². The lowest BCUT2D eigenvalue weighted by Gasteiger charge is -2.37. The Balaban J connectivity index is 1.53. The van der Waals surface area contributed by atoms with E-state index in [1.165, 1.54) is 0 Å². The molecule has 3 amide bonds. The average molecular weight is 725 g/mol. The molecule has 3 aliphatic rings. The van der Waals surface area contributed by atoms with E-state index >= 15 is 0 Å². The molecular formula is C37H46BrN3O7. The van der Waals surface area contributed by atoms with E-state index in [9.17, 15) is 19.5 Å². The molecule has 0 saturated carbocycles. The molecule has 5 rings (SSSR count). The topological polar surface area (TPSA) is 109 Å². The number of rotatable bonds is 17. The van der Waals surface area contributed by atoms with Gasteiger partial charge in [-0.3, -0.25) is 14.4 Å². The molecular weight excluding hydrogens is 678 g/mol. The lowest BCUT2D eigenvalue weighted by molar-refractivity contribution is -0.140. The largest absolute Gasteiger partial charge is 0.497 e. The summed E-state index contributed by atoms with van der Waals surface area (Å²) in [5.41, 5.74) is 0.0871. The summed E-state index contributed by atoms with van der Waals surface area (Å²) in [4.78, 5) is 48.8. The fraction of sp³-hybridized carbons (Fsp3) is 0.486. The molecule has 3 saturated heterocycles. The Morgan fingerprint density at radius 3 is 2.12 bits per heavy atom. The van der Waals surface area contributed by atoms with E-state index in [0.717, 1.165) is 12.8 Å². The van der Waals surface area contributed by atoms with E-state index in [1.54, 1.807) is 46.1 Å². The molecule has 0 radical (unpaired) electrons. The van der Waals surface area contributed by atoms with Gasteiger partial charge in [-0.25, -0.2) is 0 Å². The van der Waals surface area contributed by atoms with Crippen molar-refractivity contribution < 1.29 is 33.7 Å². The van der Waals surface area contributed by atoms with Gasteiger partial charge in [-0.2, -0.15) is 0 Å². The van der Waals surface area contributed by atoms with Gasteiger partial charge in [0.15, 0.2) is 0 Å². The predicted octanol–water partition coefficient (Wildman–Crippen LogP) is 5.13. The van der Waals surface area contributed by atoms with Crippen molar-refractivity contribution in [3.8, 4) is 11.5 Å². The van der Waals surface area contributed by atoms with Gasteiger partial charge in [-0.1, -0.05) is 40.9 Å². The van der Waals surface area contributed by atoms with Gasteiger partial charge in [0, 0.05) is 42.4 Å². The van der Waals surface area contributed by atoms with Crippen molar-refractivity contribution >= 4 is 45.0 Å². The smallest absolute Gasteiger partial charge is 0.253 e. The summed E-state index contributed by atoms with van der Waals surface area (Å²) >= 11 is 3.79. The molecule has 6 atom stereocenters. The molecule has 1 spiro atoms. The highest BCUT2D eigenvalue weighted by molar-refractivity contribution is 9.09. The third-order valence-electron chi connectivity index (χ3n) is 9.61. The minimum Gasteiger partial charge on any atom is -0.497 e. The fourth-order valence-corrected chi connectivity index (χ4v) is 8.50. The van der Waals surface area contributed by atoms with Crippen molar-refractivity contribution in [2.75, 3.05) is 49.8 Å². The number of ether oxygens (including phenoxy) is 3. The number of nitrogens with zero attached hydrogens (tertiary/aromatic N) is 3. The first-order valence-corrected chi connectivity index (χ1v) is 17.6. The minimum absolute atomic E-state index is 0.106. The van der Waals surface area contributed by atoms with Gasteiger partial charge in [-0.15, -0.1) is 13.2 Å². The number of benzene rings is 2. The first kappa shape index (κ1) is 35.6. The van der Waals surface area contributed by atoms with E-state index < -0.39 is 29.6 Å². The maximum Gasteiger partial charge on any atom is 0.253 e. The van der Waals surface area contributed by atoms with Crippen molar-refractivity contribution in [1.82, 2.24) is 4.90 Å². The van der Waals surface area contributed by atoms with Crippen LogP contribution in [0.4, 0.5) is 11.4 Å². The Morgan fingerprint density at radius 2 is 1.56 bits per heavy atom. The molecule has 2 aromatic carbocycles. The summed E-state index contributed by atoms with van der Waals surface area (Å²) in [6.07, 6.45) is 6.04. The second-order valence-electron chi connectivity index (χ2n) is 12.4. The van der Waals surface area contributed by atoms with Crippen molar-refractivity contribution in [2.45, 2.75) is 61.6 Å². The van der Waals surface area contributed by atoms with Crippen LogP contribution in [-0.2, 0) is 19.1 Å². The lowest BCUT2D eigenvalue weighted by atomic mass is 9.70. The minimum atomic E-state index is -1.21. The number of anilines is 2. The predicted molar refractivity (Wildman–Crippen MR) is 189 cm³/mol. The van der Waals surface area contributed by atoms with Crippen LogP contribution in [0.3, 0.4) is 0 Å². The molecule has 48 heavy (non-hydrogen) atoms. The molecule has 11 heteroatoms. The molecule has 3 unspecified atom stereocenters. The molecule has 258 valence electrons. The van der Waals surface area contributed by atoms with E-state index in [0.29, 0.717) is 55.3 Å². The van der Waals surface area contributed by atoms with E-state index in [1.807, 2.05) is 43.3 Å². The van der Waals surface area contributed by atoms with Crippen LogP contribution in [0.1, 0.15) is 39.0 Å². The zero-order valence-corrected chi connectivity index (χ0v) is 29.3. The van der Waals surface area contributed by atoms with Gasteiger partial charge >= 0.3 is 0 Å². The quantitative estimate of drug-likeness (QED) is 0.137. The summed E-state index contributed by atoms with van der Waals surface area (Å²) in [5, 5.41) is 9.28. The number of methoxy groups -OCH3 is 1. The Labute approximate surface area is 291 Å². The number of likely N-dealkylation sites (tertiary alicyclic amines) is 1. The monoisotopic (exact) mass is 723 g/mol. The first-order valence-electron chi connectivity index (χ1n) is 16.7. The normalized spacial score (nSPS) is 25.5. The Kier molecular flexibility index (Phi) is 11.7. The van der Waals surface area contributed by atoms with Gasteiger partial charge in [0.2, 0.25) is 11.8 Å². The number of aliphatic hydroxyl groups is 1. The van der Waals surface area contributed by atoms with Gasteiger partial charge in [0.1, 0.15) is 23.1 Å². The molecule has 0 aromatic heterocycles. The van der Waals surface area contributed by atoms with E-state index in [-0.39, 0.29) is 42.2 Å². The Morgan fingerprint density at radius 1 is 0.979 bits per heavy atom. The zero-order chi connectivity index (χ0) is 34.4. The number of carbonyl (C=O) groups excluding carboxylic acids is 3. The van der Waals surface area contributed by atoms with Crippen LogP contribution in [0.25, 0.3) is 0 Å². The maximum atomic E-state index is 14.8. The highest BCUT2D eigenvalue weighted by Crippen LogP contribution is 2.60. The van der Waals surface area contributed by atoms with Crippen LogP contribution >= 0.6 is 15.9 Å². The molecule has 2 aromatic rings. The number of carbonyl (C=O) groups is 3. The molecule has 0 aliphatic carbocycles. The number of aliphatic hydroxyl groups excluding tert-OH is 1. The number of fused-ring (bicyclic) bond motifs is 1. The van der Waals surface area contributed by atoms with Crippen LogP contribution in [0.15, 0.2) is 73.8 Å². The van der Waals surface area contributed by atoms with E-state index in [4.69, 9.17) is 14.2 Å². The number of unbranched alkanes of at least 4 members (excludes halogenated alkanes) is 3. The molecule has 3 heterocycles. The lowest BCUT2D eigenvalue weighted by Crippen LogP contribution is -2.57. The molecule has 3 fully saturated rings. The SMILES string of the molecule is C=CCN(C(=O)C1N(CCCCCCO)C(=O)[C@@H]2[C@H](C(=O)N(CC=C)c3ccc(OCC)cc3)[C@H]3OC12CC3Br)c1ccc(OC)cc1. The molecule has 2 bridgehead atoms. The highest BCUT2D eigenvalue weighted by Gasteiger charge is 2.77. The van der Waals surface area contributed by atoms with Crippen LogP contribution < -0.4 is 19.3 Å². The summed E-state index contributed by atoms with van der Waals surface area (Å²) in [6, 6.07) is 13.5. The van der Waals surface area contributed by atoms with Crippen molar-refractivity contribution in [1.29, 1.82) is 0 Å². The number of hydrogen-bond acceptors (Lipinski definition) is 7. The third-order valence-corrected chi connectivity index (χ3v) is 10.5. The molecule has 1 N–H and O–H groups in total. The highest BCUT2D eigenvalue weighted by atomic mass is 79.9. The second kappa shape index (κ2) is 15.7. The Bertz CT molecular complexity index is 1470. The summed E-state index contributed by atoms with van der Waals surface area (Å²) in [6.45, 7) is 11.1. The number of hydrogen-bond donors (Lipinski definition) is 1. The summed E-state index contributed by atoms with van der Waals surface area (Å²) < 4.78 is 17.7. The summed E-state index contributed by atoms with van der Waals surface area (Å²) in [5.74, 6) is -1.08. The zero-order valence-electron chi connectivity index (χ0n) is 27.8. The van der Waals surface area contributed by atoms with Crippen LogP contribution in [0.5, 0.6) is 11.5 Å². The van der Waals surface area contributed by atoms with Crippen molar-refractivity contribution in [3.63, 3.8) is 0 Å². The van der Waals surface area contributed by atoms with Crippen molar-refractivity contribution in [3.05, 3.63) is 73.8 Å². The number of halogens is 1. The maximum absolute atomic E-state index is 14.8. The first-order chi connectivity index (χ1) is 23.3. The second-order valence-corrected chi connectivity index (χ2v) is 13.6. The molecule has 3 aliphatic heterocycles. The van der Waals surface area contributed by atoms with Crippen LogP contribution in [0, 0.1) is 11.8 Å². The van der Waals surface area contributed by atoms with Crippen LogP contribution in [-0.4, -0.2) is 90.3 Å². The molecule has 10 nitrogen and oxygen atoms in total. The summed E-state index contributed by atoms with van der Waals surface area (Å²) in [7, 11) is 1.58. The average Bonchev–Trinajstić information content (AvgIpc) is 3.69. The number of amides is 3. The van der Waals surface area contributed by atoms with E-state index in [2.05, 4.69) is 29.1 Å². The van der Waals surface area contributed by atoms with Gasteiger partial charge < -0.3 is 34.0 Å². The van der Waals surface area contributed by atoms with Gasteiger partial charge in [0.25, 0.3) is 5.91 Å². The third kappa shape index (κ3) is 6.64. The van der Waals surface area contributed by atoms with Crippen molar-refractivity contribution in [2.24, 2.45) is 11.8 Å². The van der Waals surface area contributed by atoms with Crippen LogP contribution in [0.2, 0.25) is 0 Å². The standard InChI is InChI=1S/C37H46BrN3O7/c1-5-20-39(25-14-18-28(19-15-25)47-7-3)34(43)30-31-35(44)41(22-10-8-9-11-23-42)33(37(31)24-29(38)32(30)48-37)36(45)40(21-6-2)26-12-16-27(46-4)17-13-26/h5-6,12-19,29-33,42H,1-2,7-11,20-24H2,3-4H3/t29?,30-,31-,32-,33?,37?/m0/s1. The number of alkyl halides is 1. The Hall–Kier alpha value is -3.67.